The van der Waals surface area contributed by atoms with E-state index in [4.69, 9.17) is 0 Å². The fraction of sp³-hybridized carbons (Fsp3) is 0.353. The van der Waals surface area contributed by atoms with E-state index in [2.05, 4.69) is 38.3 Å². The van der Waals surface area contributed by atoms with Gasteiger partial charge in [0.05, 0.1) is 32.7 Å². The summed E-state index contributed by atoms with van der Waals surface area (Å²) in [6.07, 6.45) is 1.68. The minimum absolute atomic E-state index is 0.965. The molecule has 0 amide bonds. The summed E-state index contributed by atoms with van der Waals surface area (Å²) in [5, 5.41) is 0. The maximum Gasteiger partial charge on any atom is 0.152 e. The average molecular weight is 326 g/mol. The minimum Gasteiger partial charge on any atom is -0.344 e. The molecule has 3 heterocycles. The number of hydrogen-bond acceptors (Lipinski definition) is 5. The summed E-state index contributed by atoms with van der Waals surface area (Å²) >= 11 is 1.51. The van der Waals surface area contributed by atoms with Gasteiger partial charge in [-0.1, -0.05) is 30.3 Å². The smallest absolute Gasteiger partial charge is 0.152 e. The van der Waals surface area contributed by atoms with Crippen LogP contribution in [-0.4, -0.2) is 47.1 Å². The van der Waals surface area contributed by atoms with Crippen molar-refractivity contribution in [2.75, 3.05) is 37.6 Å². The Morgan fingerprint density at radius 1 is 1.13 bits per heavy atom. The molecule has 0 spiro atoms. The molecule has 1 saturated heterocycles. The molecule has 5 nitrogen and oxygen atoms in total. The van der Waals surface area contributed by atoms with Gasteiger partial charge in [0.15, 0.2) is 5.82 Å². The number of rotatable bonds is 3. The van der Waals surface area contributed by atoms with Gasteiger partial charge >= 0.3 is 0 Å². The van der Waals surface area contributed by atoms with Crippen LogP contribution in [0.4, 0.5) is 5.82 Å². The number of quaternary nitrogens is 1. The Morgan fingerprint density at radius 3 is 2.65 bits per heavy atom. The topological polar surface area (TPSA) is 46.4 Å². The molecule has 1 aromatic carbocycles. The molecule has 0 saturated carbocycles. The van der Waals surface area contributed by atoms with Crippen LogP contribution < -0.4 is 9.80 Å². The van der Waals surface area contributed by atoms with Crippen molar-refractivity contribution in [3.05, 3.63) is 36.7 Å². The number of aromatic nitrogens is 3. The van der Waals surface area contributed by atoms with Gasteiger partial charge in [0.25, 0.3) is 0 Å². The van der Waals surface area contributed by atoms with Gasteiger partial charge < -0.3 is 9.80 Å². The van der Waals surface area contributed by atoms with Gasteiger partial charge in [-0.3, -0.25) is 0 Å². The van der Waals surface area contributed by atoms with Crippen LogP contribution in [0.25, 0.3) is 21.5 Å². The number of likely N-dealkylation sites (N-methyl/N-ethyl adjacent to an activating group) is 1. The second-order valence-electron chi connectivity index (χ2n) is 5.86. The lowest BCUT2D eigenvalue weighted by atomic mass is 10.1. The highest BCUT2D eigenvalue weighted by molar-refractivity contribution is 7.14. The van der Waals surface area contributed by atoms with Gasteiger partial charge in [0.2, 0.25) is 0 Å². The fourth-order valence-corrected chi connectivity index (χ4v) is 4.02. The highest BCUT2D eigenvalue weighted by Crippen LogP contribution is 2.33. The summed E-state index contributed by atoms with van der Waals surface area (Å²) in [4.78, 5) is 13.1. The lowest BCUT2D eigenvalue weighted by molar-refractivity contribution is -0.898. The predicted octanol–water partition coefficient (Wildman–Crippen LogP) is 1.48. The Labute approximate surface area is 139 Å². The van der Waals surface area contributed by atoms with Gasteiger partial charge in [-0.2, -0.15) is 4.37 Å². The molecule has 1 aliphatic rings. The number of nitrogens with zero attached hydrogens (tertiary/aromatic N) is 4. The molecule has 4 rings (SSSR count). The molecular weight excluding hydrogens is 306 g/mol. The molecule has 0 radical (unpaired) electrons. The second-order valence-corrected chi connectivity index (χ2v) is 6.64. The Balaban J connectivity index is 1.71. The van der Waals surface area contributed by atoms with Crippen molar-refractivity contribution in [1.82, 2.24) is 14.3 Å². The van der Waals surface area contributed by atoms with Crippen LogP contribution in [0.5, 0.6) is 0 Å². The number of hydrogen-bond donors (Lipinski definition) is 1. The molecule has 1 aliphatic heterocycles. The highest BCUT2D eigenvalue weighted by atomic mass is 32.1. The molecule has 3 aromatic rings. The van der Waals surface area contributed by atoms with E-state index in [-0.39, 0.29) is 0 Å². The van der Waals surface area contributed by atoms with Gasteiger partial charge in [-0.15, -0.1) is 0 Å². The number of nitrogens with one attached hydrogen (secondary N) is 1. The maximum atomic E-state index is 4.66. The Kier molecular flexibility index (Phi) is 3.93. The normalized spacial score (nSPS) is 16.1. The molecule has 23 heavy (non-hydrogen) atoms. The van der Waals surface area contributed by atoms with Crippen LogP contribution >= 0.6 is 11.5 Å². The first-order valence-corrected chi connectivity index (χ1v) is 8.88. The third-order valence-corrected chi connectivity index (χ3v) is 5.39. The SMILES string of the molecule is CC[NH+]1CCN(c2ncnc3c(-c4ccccc4)nsc23)CC1. The van der Waals surface area contributed by atoms with Crippen molar-refractivity contribution in [1.29, 1.82) is 0 Å². The standard InChI is InChI=1S/C17H19N5S/c1-2-21-8-10-22(11-9-21)17-16-15(18-12-19-17)14(20-23-16)13-6-4-3-5-7-13/h3-7,12H,2,8-11H2,1H3/p+1. The van der Waals surface area contributed by atoms with Crippen LogP contribution in [0.3, 0.4) is 0 Å². The molecular formula is C17H20N5S+. The quantitative estimate of drug-likeness (QED) is 0.792. The zero-order valence-electron chi connectivity index (χ0n) is 13.2. The first kappa shape index (κ1) is 14.5. The van der Waals surface area contributed by atoms with Crippen LogP contribution in [0.1, 0.15) is 6.92 Å². The van der Waals surface area contributed by atoms with Gasteiger partial charge in [-0.05, 0) is 18.5 Å². The van der Waals surface area contributed by atoms with Crippen molar-refractivity contribution in [3.8, 4) is 11.3 Å². The molecule has 0 atom stereocenters. The minimum atomic E-state index is 0.965. The van der Waals surface area contributed by atoms with E-state index in [0.717, 1.165) is 40.4 Å². The summed E-state index contributed by atoms with van der Waals surface area (Å²) in [6.45, 7) is 7.90. The number of piperazine rings is 1. The summed E-state index contributed by atoms with van der Waals surface area (Å²) in [7, 11) is 0. The fourth-order valence-electron chi connectivity index (χ4n) is 3.15. The predicted molar refractivity (Wildman–Crippen MR) is 94.1 cm³/mol. The second kappa shape index (κ2) is 6.22. The third kappa shape index (κ3) is 2.68. The third-order valence-electron chi connectivity index (χ3n) is 4.55. The number of benzene rings is 1. The van der Waals surface area contributed by atoms with E-state index in [0.29, 0.717) is 0 Å². The van der Waals surface area contributed by atoms with Gasteiger partial charge in [0, 0.05) is 5.56 Å². The zero-order chi connectivity index (χ0) is 15.6. The van der Waals surface area contributed by atoms with E-state index in [9.17, 15) is 0 Å². The molecule has 118 valence electrons. The Bertz CT molecular complexity index is 793. The molecule has 2 aromatic heterocycles. The van der Waals surface area contributed by atoms with Crippen molar-refractivity contribution in [3.63, 3.8) is 0 Å². The summed E-state index contributed by atoms with van der Waals surface area (Å²) < 4.78 is 5.76. The molecule has 1 fully saturated rings. The number of fused-ring (bicyclic) bond motifs is 1. The number of anilines is 1. The molecule has 0 bridgehead atoms. The largest absolute Gasteiger partial charge is 0.344 e. The first-order valence-electron chi connectivity index (χ1n) is 8.11. The van der Waals surface area contributed by atoms with E-state index in [1.165, 1.54) is 31.2 Å². The molecule has 1 N–H and O–H groups in total. The molecule has 0 unspecified atom stereocenters. The van der Waals surface area contributed by atoms with Crippen LogP contribution in [-0.2, 0) is 0 Å². The molecule has 0 aliphatic carbocycles. The van der Waals surface area contributed by atoms with Crippen molar-refractivity contribution >= 4 is 27.6 Å². The summed E-state index contributed by atoms with van der Waals surface area (Å²) in [6, 6.07) is 10.3. The van der Waals surface area contributed by atoms with E-state index in [1.807, 2.05) is 18.2 Å². The van der Waals surface area contributed by atoms with Gasteiger partial charge in [-0.25, -0.2) is 9.97 Å². The highest BCUT2D eigenvalue weighted by Gasteiger charge is 2.23. The summed E-state index contributed by atoms with van der Waals surface area (Å²) in [5.74, 6) is 1.05. The first-order chi connectivity index (χ1) is 11.4. The van der Waals surface area contributed by atoms with Crippen LogP contribution in [0.2, 0.25) is 0 Å². The lowest BCUT2D eigenvalue weighted by Gasteiger charge is -2.32. The van der Waals surface area contributed by atoms with Crippen molar-refractivity contribution in [2.45, 2.75) is 6.92 Å². The Morgan fingerprint density at radius 2 is 1.91 bits per heavy atom. The van der Waals surface area contributed by atoms with E-state index in [1.54, 1.807) is 11.2 Å². The summed E-state index contributed by atoms with van der Waals surface area (Å²) in [5.41, 5.74) is 3.05. The van der Waals surface area contributed by atoms with E-state index >= 15 is 0 Å². The molecule has 6 heteroatoms. The maximum absolute atomic E-state index is 4.66. The van der Waals surface area contributed by atoms with E-state index < -0.39 is 0 Å². The van der Waals surface area contributed by atoms with Gasteiger partial charge in [0.1, 0.15) is 22.2 Å². The van der Waals surface area contributed by atoms with Crippen molar-refractivity contribution < 1.29 is 4.90 Å². The van der Waals surface area contributed by atoms with Crippen molar-refractivity contribution in [2.24, 2.45) is 0 Å². The average Bonchev–Trinajstić information content (AvgIpc) is 3.07. The monoisotopic (exact) mass is 326 g/mol. The lowest BCUT2D eigenvalue weighted by Crippen LogP contribution is -3.14. The zero-order valence-corrected chi connectivity index (χ0v) is 14.0. The van der Waals surface area contributed by atoms with Crippen LogP contribution in [0, 0.1) is 0 Å². The Hall–Kier alpha value is -2.05. The van der Waals surface area contributed by atoms with Crippen LogP contribution in [0.15, 0.2) is 36.7 Å².